The second kappa shape index (κ2) is 6.10. The lowest BCUT2D eigenvalue weighted by atomic mass is 10.1. The molecule has 2 nitrogen and oxygen atoms in total. The highest BCUT2D eigenvalue weighted by Crippen LogP contribution is 2.17. The van der Waals surface area contributed by atoms with Crippen molar-refractivity contribution in [2.45, 2.75) is 6.42 Å². The van der Waals surface area contributed by atoms with Gasteiger partial charge in [0.25, 0.3) is 0 Å². The summed E-state index contributed by atoms with van der Waals surface area (Å²) in [5.74, 6) is -2.13. The lowest BCUT2D eigenvalue weighted by Gasteiger charge is -2.07. The molecule has 0 fully saturated rings. The Morgan fingerprint density at radius 1 is 1.11 bits per heavy atom. The number of benzene rings is 2. The van der Waals surface area contributed by atoms with E-state index in [1.165, 1.54) is 6.07 Å². The Kier molecular flexibility index (Phi) is 4.47. The molecule has 0 aromatic heterocycles. The minimum absolute atomic E-state index is 0.00216. The van der Waals surface area contributed by atoms with Crippen LogP contribution in [0, 0.1) is 15.2 Å². The van der Waals surface area contributed by atoms with Gasteiger partial charge in [-0.15, -0.1) is 0 Å². The Hall–Kier alpha value is -1.50. The van der Waals surface area contributed by atoms with E-state index in [1.54, 1.807) is 6.07 Å². The highest BCUT2D eigenvalue weighted by atomic mass is 127. The molecular formula is C14H10F2INO. The number of nitrogens with one attached hydrogen (secondary N) is 1. The molecule has 2 aromatic carbocycles. The Morgan fingerprint density at radius 2 is 1.84 bits per heavy atom. The first-order valence-corrected chi connectivity index (χ1v) is 6.62. The topological polar surface area (TPSA) is 29.1 Å². The van der Waals surface area contributed by atoms with Crippen molar-refractivity contribution >= 4 is 34.2 Å². The van der Waals surface area contributed by atoms with Crippen LogP contribution in [-0.2, 0) is 11.2 Å². The van der Waals surface area contributed by atoms with E-state index in [0.717, 1.165) is 15.7 Å². The molecule has 2 aromatic rings. The lowest BCUT2D eigenvalue weighted by molar-refractivity contribution is -0.115. The SMILES string of the molecule is O=C(Cc1ccc(F)c(F)c1)Nc1ccccc1I. The van der Waals surface area contributed by atoms with Gasteiger partial charge in [0, 0.05) is 3.57 Å². The largest absolute Gasteiger partial charge is 0.325 e. The number of rotatable bonds is 3. The van der Waals surface area contributed by atoms with Crippen molar-refractivity contribution in [1.82, 2.24) is 0 Å². The Labute approximate surface area is 123 Å². The molecular weight excluding hydrogens is 363 g/mol. The van der Waals surface area contributed by atoms with Gasteiger partial charge in [-0.2, -0.15) is 0 Å². The smallest absolute Gasteiger partial charge is 0.228 e. The number of carbonyl (C=O) groups excluding carboxylic acids is 1. The van der Waals surface area contributed by atoms with E-state index >= 15 is 0 Å². The van der Waals surface area contributed by atoms with E-state index in [-0.39, 0.29) is 12.3 Å². The lowest BCUT2D eigenvalue weighted by Crippen LogP contribution is -2.15. The van der Waals surface area contributed by atoms with Gasteiger partial charge in [-0.1, -0.05) is 18.2 Å². The molecule has 0 aliphatic rings. The fourth-order valence-electron chi connectivity index (χ4n) is 1.59. The summed E-state index contributed by atoms with van der Waals surface area (Å²) in [7, 11) is 0. The highest BCUT2D eigenvalue weighted by molar-refractivity contribution is 14.1. The first-order chi connectivity index (χ1) is 9.06. The molecule has 1 amide bonds. The average molecular weight is 373 g/mol. The van der Waals surface area contributed by atoms with E-state index in [4.69, 9.17) is 0 Å². The first kappa shape index (κ1) is 13.9. The zero-order chi connectivity index (χ0) is 13.8. The molecule has 0 spiro atoms. The molecule has 0 aliphatic carbocycles. The maximum absolute atomic E-state index is 13.0. The predicted octanol–water partition coefficient (Wildman–Crippen LogP) is 3.75. The monoisotopic (exact) mass is 373 g/mol. The molecule has 0 atom stereocenters. The summed E-state index contributed by atoms with van der Waals surface area (Å²) in [6, 6.07) is 10.8. The third-order valence-electron chi connectivity index (χ3n) is 2.50. The van der Waals surface area contributed by atoms with Gasteiger partial charge in [-0.25, -0.2) is 8.78 Å². The molecule has 0 bridgehead atoms. The molecule has 0 saturated heterocycles. The van der Waals surface area contributed by atoms with Gasteiger partial charge >= 0.3 is 0 Å². The molecule has 0 heterocycles. The zero-order valence-electron chi connectivity index (χ0n) is 9.79. The van der Waals surface area contributed by atoms with Crippen LogP contribution in [0.4, 0.5) is 14.5 Å². The summed E-state index contributed by atoms with van der Waals surface area (Å²) in [6.07, 6.45) is 0.00216. The van der Waals surface area contributed by atoms with Crippen LogP contribution in [0.25, 0.3) is 0 Å². The fraction of sp³-hybridized carbons (Fsp3) is 0.0714. The van der Waals surface area contributed by atoms with Crippen LogP contribution >= 0.6 is 22.6 Å². The highest BCUT2D eigenvalue weighted by Gasteiger charge is 2.08. The minimum atomic E-state index is -0.945. The molecule has 5 heteroatoms. The predicted molar refractivity (Wildman–Crippen MR) is 77.9 cm³/mol. The van der Waals surface area contributed by atoms with Crippen LogP contribution in [0.2, 0.25) is 0 Å². The number of anilines is 1. The summed E-state index contributed by atoms with van der Waals surface area (Å²) in [6.45, 7) is 0. The average Bonchev–Trinajstić information content (AvgIpc) is 2.37. The third-order valence-corrected chi connectivity index (χ3v) is 3.44. The van der Waals surface area contributed by atoms with Crippen molar-refractivity contribution in [2.75, 3.05) is 5.32 Å². The molecule has 0 unspecified atom stereocenters. The molecule has 19 heavy (non-hydrogen) atoms. The quantitative estimate of drug-likeness (QED) is 0.816. The Balaban J connectivity index is 2.05. The van der Waals surface area contributed by atoms with Crippen molar-refractivity contribution in [2.24, 2.45) is 0 Å². The summed E-state index contributed by atoms with van der Waals surface area (Å²) < 4.78 is 26.7. The molecule has 2 rings (SSSR count). The second-order valence-corrected chi connectivity index (χ2v) is 5.12. The number of halogens is 3. The van der Waals surface area contributed by atoms with E-state index in [0.29, 0.717) is 11.3 Å². The Morgan fingerprint density at radius 3 is 2.53 bits per heavy atom. The van der Waals surface area contributed by atoms with Gasteiger partial charge in [-0.05, 0) is 52.4 Å². The van der Waals surface area contributed by atoms with Crippen LogP contribution in [0.3, 0.4) is 0 Å². The number of amides is 1. The number of hydrogen-bond acceptors (Lipinski definition) is 1. The molecule has 1 N–H and O–H groups in total. The molecule has 98 valence electrons. The van der Waals surface area contributed by atoms with Crippen molar-refractivity contribution < 1.29 is 13.6 Å². The summed E-state index contributed by atoms with van der Waals surface area (Å²) in [4.78, 5) is 11.8. The van der Waals surface area contributed by atoms with Gasteiger partial charge < -0.3 is 5.32 Å². The van der Waals surface area contributed by atoms with Gasteiger partial charge in [-0.3, -0.25) is 4.79 Å². The maximum atomic E-state index is 13.0. The zero-order valence-corrected chi connectivity index (χ0v) is 11.9. The van der Waals surface area contributed by atoms with Gasteiger partial charge in [0.05, 0.1) is 12.1 Å². The third kappa shape index (κ3) is 3.73. The molecule has 0 saturated carbocycles. The van der Waals surface area contributed by atoms with Crippen LogP contribution in [-0.4, -0.2) is 5.91 Å². The summed E-state index contributed by atoms with van der Waals surface area (Å²) in [5, 5.41) is 2.73. The molecule has 0 aliphatic heterocycles. The summed E-state index contributed by atoms with van der Waals surface area (Å²) >= 11 is 2.11. The van der Waals surface area contributed by atoms with Gasteiger partial charge in [0.15, 0.2) is 11.6 Å². The van der Waals surface area contributed by atoms with Crippen LogP contribution in [0.5, 0.6) is 0 Å². The van der Waals surface area contributed by atoms with Crippen molar-refractivity contribution in [3.8, 4) is 0 Å². The van der Waals surface area contributed by atoms with E-state index < -0.39 is 11.6 Å². The summed E-state index contributed by atoms with van der Waals surface area (Å²) in [5.41, 5.74) is 1.14. The fourth-order valence-corrected chi connectivity index (χ4v) is 2.11. The van der Waals surface area contributed by atoms with E-state index in [2.05, 4.69) is 27.9 Å². The van der Waals surface area contributed by atoms with E-state index in [9.17, 15) is 13.6 Å². The van der Waals surface area contributed by atoms with Crippen molar-refractivity contribution in [3.63, 3.8) is 0 Å². The van der Waals surface area contributed by atoms with Crippen LogP contribution < -0.4 is 5.32 Å². The van der Waals surface area contributed by atoms with Gasteiger partial charge in [0.2, 0.25) is 5.91 Å². The normalized spacial score (nSPS) is 10.3. The number of hydrogen-bond donors (Lipinski definition) is 1. The van der Waals surface area contributed by atoms with Gasteiger partial charge in [0.1, 0.15) is 0 Å². The number of para-hydroxylation sites is 1. The van der Waals surface area contributed by atoms with Crippen molar-refractivity contribution in [1.29, 1.82) is 0 Å². The van der Waals surface area contributed by atoms with Crippen molar-refractivity contribution in [3.05, 3.63) is 63.2 Å². The standard InChI is InChI=1S/C14H10F2INO/c15-10-6-5-9(7-11(10)16)8-14(19)18-13-4-2-1-3-12(13)17/h1-7H,8H2,(H,18,19). The first-order valence-electron chi connectivity index (χ1n) is 5.54. The second-order valence-electron chi connectivity index (χ2n) is 3.95. The molecule has 0 radical (unpaired) electrons. The maximum Gasteiger partial charge on any atom is 0.228 e. The number of carbonyl (C=O) groups is 1. The Bertz CT molecular complexity index is 616. The van der Waals surface area contributed by atoms with Crippen LogP contribution in [0.1, 0.15) is 5.56 Å². The minimum Gasteiger partial charge on any atom is -0.325 e. The van der Waals surface area contributed by atoms with Crippen LogP contribution in [0.15, 0.2) is 42.5 Å². The van der Waals surface area contributed by atoms with E-state index in [1.807, 2.05) is 18.2 Å².